The fourth-order valence-electron chi connectivity index (χ4n) is 4.55. The van der Waals surface area contributed by atoms with Gasteiger partial charge in [-0.25, -0.2) is 13.8 Å². The quantitative estimate of drug-likeness (QED) is 0.508. The molecule has 0 radical (unpaired) electrons. The summed E-state index contributed by atoms with van der Waals surface area (Å²) in [6, 6.07) is 10.2. The molecule has 4 heterocycles. The van der Waals surface area contributed by atoms with E-state index in [2.05, 4.69) is 27.4 Å². The van der Waals surface area contributed by atoms with Gasteiger partial charge in [0.1, 0.15) is 5.65 Å². The zero-order valence-corrected chi connectivity index (χ0v) is 16.4. The average Bonchev–Trinajstić information content (AvgIpc) is 3.27. The van der Waals surface area contributed by atoms with Crippen molar-refractivity contribution in [1.82, 2.24) is 19.7 Å². The Labute approximate surface area is 168 Å². The first-order valence-electron chi connectivity index (χ1n) is 10.2. The number of benzene rings is 1. The van der Waals surface area contributed by atoms with E-state index in [-0.39, 0.29) is 6.42 Å². The number of imidazole rings is 1. The molecule has 29 heavy (non-hydrogen) atoms. The molecule has 1 fully saturated rings. The number of H-pyrrole nitrogens is 1. The number of aryl methyl sites for hydroxylation is 1. The fourth-order valence-corrected chi connectivity index (χ4v) is 4.55. The molecule has 0 saturated carbocycles. The van der Waals surface area contributed by atoms with Crippen molar-refractivity contribution in [2.45, 2.75) is 38.5 Å². The summed E-state index contributed by atoms with van der Waals surface area (Å²) >= 11 is 0. The average molecular weight is 394 g/mol. The molecule has 0 unspecified atom stereocenters. The van der Waals surface area contributed by atoms with Crippen molar-refractivity contribution in [3.63, 3.8) is 0 Å². The molecule has 0 bridgehead atoms. The molecule has 150 valence electrons. The van der Waals surface area contributed by atoms with Crippen molar-refractivity contribution in [3.8, 4) is 11.3 Å². The smallest absolute Gasteiger partial charge is 0.242 e. The van der Waals surface area contributed by atoms with Gasteiger partial charge in [0, 0.05) is 35.3 Å². The number of aromatic amines is 1. The van der Waals surface area contributed by atoms with Crippen LogP contribution in [-0.4, -0.2) is 33.9 Å². The third-order valence-electron chi connectivity index (χ3n) is 5.96. The van der Waals surface area contributed by atoms with E-state index < -0.39 is 6.43 Å². The highest BCUT2D eigenvalue weighted by molar-refractivity contribution is 5.91. The van der Waals surface area contributed by atoms with Crippen LogP contribution in [0.3, 0.4) is 0 Å². The Morgan fingerprint density at radius 3 is 2.76 bits per heavy atom. The third-order valence-corrected chi connectivity index (χ3v) is 5.96. The molecular formula is C23H24F2N4. The van der Waals surface area contributed by atoms with Crippen LogP contribution < -0.4 is 5.32 Å². The number of fused-ring (bicyclic) bond motifs is 2. The van der Waals surface area contributed by atoms with E-state index in [1.807, 2.05) is 41.9 Å². The van der Waals surface area contributed by atoms with Gasteiger partial charge in [-0.1, -0.05) is 6.07 Å². The molecule has 2 N–H and O–H groups in total. The molecule has 3 aromatic heterocycles. The number of alkyl halides is 2. The summed E-state index contributed by atoms with van der Waals surface area (Å²) in [5.74, 6) is 0.490. The Kier molecular flexibility index (Phi) is 4.59. The van der Waals surface area contributed by atoms with Crippen molar-refractivity contribution < 1.29 is 8.78 Å². The molecular weight excluding hydrogens is 370 g/mol. The number of aromatic nitrogens is 3. The molecule has 1 aliphatic rings. The Bertz CT molecular complexity index is 1170. The van der Waals surface area contributed by atoms with E-state index in [0.29, 0.717) is 11.5 Å². The molecule has 0 aliphatic carbocycles. The lowest BCUT2D eigenvalue weighted by atomic mass is 9.89. The van der Waals surface area contributed by atoms with Crippen LogP contribution in [0.15, 0.2) is 42.7 Å². The Balaban J connectivity index is 1.64. The predicted octanol–water partition coefficient (Wildman–Crippen LogP) is 5.07. The summed E-state index contributed by atoms with van der Waals surface area (Å²) in [6.45, 7) is 3.96. The number of pyridine rings is 1. The molecule has 1 aliphatic heterocycles. The number of halogens is 2. The summed E-state index contributed by atoms with van der Waals surface area (Å²) in [6.07, 6.45) is 3.43. The molecule has 0 spiro atoms. The maximum atomic E-state index is 13.5. The Hall–Kier alpha value is -2.73. The van der Waals surface area contributed by atoms with Crippen molar-refractivity contribution in [2.75, 3.05) is 13.1 Å². The fraction of sp³-hybridized carbons (Fsp3) is 0.348. The number of hydrogen-bond donors (Lipinski definition) is 2. The van der Waals surface area contributed by atoms with E-state index in [1.54, 1.807) is 0 Å². The normalized spacial score (nSPS) is 15.7. The lowest BCUT2D eigenvalue weighted by Crippen LogP contribution is -2.26. The standard InChI is InChI=1S/C23H24F2N4/c1-14-12-29-13-17(3-5-22(29)27-14)23-19(11-21(24)25)18-10-16(2-4-20(18)28-23)15-6-8-26-9-7-15/h2-5,10,12-13,15,21,26,28H,6-9,11H2,1H3. The van der Waals surface area contributed by atoms with Crippen LogP contribution in [0.5, 0.6) is 0 Å². The summed E-state index contributed by atoms with van der Waals surface area (Å²) in [5.41, 5.74) is 6.31. The van der Waals surface area contributed by atoms with Gasteiger partial charge in [-0.15, -0.1) is 0 Å². The number of piperidine rings is 1. The molecule has 0 amide bonds. The van der Waals surface area contributed by atoms with Gasteiger partial charge < -0.3 is 14.7 Å². The van der Waals surface area contributed by atoms with Gasteiger partial charge in [0.25, 0.3) is 0 Å². The van der Waals surface area contributed by atoms with Crippen LogP contribution in [-0.2, 0) is 6.42 Å². The Morgan fingerprint density at radius 1 is 1.14 bits per heavy atom. The van der Waals surface area contributed by atoms with Crippen LogP contribution in [0.1, 0.15) is 35.6 Å². The zero-order chi connectivity index (χ0) is 20.0. The lowest BCUT2D eigenvalue weighted by molar-refractivity contribution is 0.149. The van der Waals surface area contributed by atoms with Crippen molar-refractivity contribution in [1.29, 1.82) is 0 Å². The highest BCUT2D eigenvalue weighted by Crippen LogP contribution is 2.35. The largest absolute Gasteiger partial charge is 0.354 e. The third kappa shape index (κ3) is 3.42. The molecule has 6 heteroatoms. The van der Waals surface area contributed by atoms with Gasteiger partial charge in [-0.2, -0.15) is 0 Å². The van der Waals surface area contributed by atoms with Gasteiger partial charge >= 0.3 is 0 Å². The first-order chi connectivity index (χ1) is 14.1. The van der Waals surface area contributed by atoms with Crippen LogP contribution in [0.25, 0.3) is 27.8 Å². The minimum atomic E-state index is -2.39. The van der Waals surface area contributed by atoms with Gasteiger partial charge in [-0.3, -0.25) is 0 Å². The van der Waals surface area contributed by atoms with Crippen molar-refractivity contribution in [3.05, 3.63) is 59.5 Å². The first-order valence-corrected chi connectivity index (χ1v) is 10.2. The molecule has 1 saturated heterocycles. The molecule has 5 rings (SSSR count). The SMILES string of the molecule is Cc1cn2cc(-c3[nH]c4ccc(C5CCNCC5)cc4c3CC(F)F)ccc2n1. The van der Waals surface area contributed by atoms with E-state index in [0.717, 1.165) is 59.4 Å². The highest BCUT2D eigenvalue weighted by Gasteiger charge is 2.20. The van der Waals surface area contributed by atoms with Crippen LogP contribution in [0.4, 0.5) is 8.78 Å². The predicted molar refractivity (Wildman–Crippen MR) is 112 cm³/mol. The molecule has 0 atom stereocenters. The lowest BCUT2D eigenvalue weighted by Gasteiger charge is -2.23. The van der Waals surface area contributed by atoms with Crippen LogP contribution in [0.2, 0.25) is 0 Å². The monoisotopic (exact) mass is 394 g/mol. The second-order valence-corrected chi connectivity index (χ2v) is 7.97. The highest BCUT2D eigenvalue weighted by atomic mass is 19.3. The van der Waals surface area contributed by atoms with Gasteiger partial charge in [-0.05, 0) is 74.2 Å². The summed E-state index contributed by atoms with van der Waals surface area (Å²) < 4.78 is 28.9. The number of nitrogens with one attached hydrogen (secondary N) is 2. The van der Waals surface area contributed by atoms with Crippen LogP contribution in [0, 0.1) is 6.92 Å². The minimum Gasteiger partial charge on any atom is -0.354 e. The maximum absolute atomic E-state index is 13.5. The molecule has 4 aromatic rings. The topological polar surface area (TPSA) is 45.1 Å². The Morgan fingerprint density at radius 2 is 1.97 bits per heavy atom. The summed E-state index contributed by atoms with van der Waals surface area (Å²) in [4.78, 5) is 7.86. The minimum absolute atomic E-state index is 0.258. The maximum Gasteiger partial charge on any atom is 0.242 e. The number of nitrogens with zero attached hydrogens (tertiary/aromatic N) is 2. The van der Waals surface area contributed by atoms with Crippen LogP contribution >= 0.6 is 0 Å². The number of hydrogen-bond acceptors (Lipinski definition) is 2. The zero-order valence-electron chi connectivity index (χ0n) is 16.4. The summed E-state index contributed by atoms with van der Waals surface area (Å²) in [7, 11) is 0. The van der Waals surface area contributed by atoms with Gasteiger partial charge in [0.2, 0.25) is 6.43 Å². The van der Waals surface area contributed by atoms with E-state index in [4.69, 9.17) is 0 Å². The second kappa shape index (κ2) is 7.26. The number of rotatable bonds is 4. The van der Waals surface area contributed by atoms with Gasteiger partial charge in [0.15, 0.2) is 0 Å². The molecule has 1 aromatic carbocycles. The second-order valence-electron chi connectivity index (χ2n) is 7.97. The van der Waals surface area contributed by atoms with E-state index in [1.165, 1.54) is 5.56 Å². The first kappa shape index (κ1) is 18.3. The van der Waals surface area contributed by atoms with Crippen molar-refractivity contribution >= 4 is 16.6 Å². The van der Waals surface area contributed by atoms with E-state index >= 15 is 0 Å². The summed E-state index contributed by atoms with van der Waals surface area (Å²) in [5, 5.41) is 4.30. The van der Waals surface area contributed by atoms with Crippen molar-refractivity contribution in [2.24, 2.45) is 0 Å². The van der Waals surface area contributed by atoms with Gasteiger partial charge in [0.05, 0.1) is 11.4 Å². The molecule has 4 nitrogen and oxygen atoms in total. The van der Waals surface area contributed by atoms with E-state index in [9.17, 15) is 8.78 Å².